The highest BCUT2D eigenvalue weighted by Gasteiger charge is 2.30. The van der Waals surface area contributed by atoms with Crippen LogP contribution in [-0.2, 0) is 6.54 Å². The van der Waals surface area contributed by atoms with Gasteiger partial charge in [-0.15, -0.1) is 0 Å². The summed E-state index contributed by atoms with van der Waals surface area (Å²) >= 11 is 0. The summed E-state index contributed by atoms with van der Waals surface area (Å²) < 4.78 is 4.84. The van der Waals surface area contributed by atoms with Crippen LogP contribution in [0, 0.1) is 0 Å². The van der Waals surface area contributed by atoms with E-state index < -0.39 is 0 Å². The van der Waals surface area contributed by atoms with Crippen molar-refractivity contribution in [3.8, 4) is 0 Å². The van der Waals surface area contributed by atoms with Gasteiger partial charge in [0.2, 0.25) is 0 Å². The van der Waals surface area contributed by atoms with Crippen molar-refractivity contribution >= 4 is 5.96 Å². The molecule has 1 aromatic rings. The topological polar surface area (TPSA) is 56.9 Å². The second-order valence-corrected chi connectivity index (χ2v) is 5.52. The summed E-state index contributed by atoms with van der Waals surface area (Å²) in [5.41, 5.74) is 0.904. The van der Waals surface area contributed by atoms with Crippen molar-refractivity contribution < 1.29 is 4.52 Å². The maximum atomic E-state index is 4.84. The second-order valence-electron chi connectivity index (χ2n) is 5.52. The maximum Gasteiger partial charge on any atom is 0.194 e. The minimum atomic E-state index is 0.661. The second kappa shape index (κ2) is 6.26. The Hall–Kier alpha value is -1.56. The fraction of sp³-hybridized carbons (Fsp3) is 0.714. The molecule has 6 heteroatoms. The summed E-state index contributed by atoms with van der Waals surface area (Å²) in [6.07, 6.45) is 5.55. The van der Waals surface area contributed by atoms with E-state index in [1.165, 1.54) is 32.4 Å². The van der Waals surface area contributed by atoms with Crippen molar-refractivity contribution in [3.05, 3.63) is 18.0 Å². The Morgan fingerprint density at radius 2 is 2.30 bits per heavy atom. The lowest BCUT2D eigenvalue weighted by molar-refractivity contribution is 0.249. The standard InChI is InChI=1S/C14H23N5O/c1-15-14(16-10-12-5-9-20-17-12)19-8-4-13(11-19)18-6-2-3-7-18/h5,9,13H,2-4,6-8,10-11H2,1H3,(H,15,16). The summed E-state index contributed by atoms with van der Waals surface area (Å²) in [5.74, 6) is 0.967. The summed E-state index contributed by atoms with van der Waals surface area (Å²) in [5, 5.41) is 7.27. The van der Waals surface area contributed by atoms with Gasteiger partial charge < -0.3 is 14.7 Å². The number of nitrogens with one attached hydrogen (secondary N) is 1. The predicted octanol–water partition coefficient (Wildman–Crippen LogP) is 0.920. The number of likely N-dealkylation sites (tertiary alicyclic amines) is 2. The van der Waals surface area contributed by atoms with Crippen LogP contribution in [0.15, 0.2) is 21.8 Å². The van der Waals surface area contributed by atoms with Gasteiger partial charge in [-0.3, -0.25) is 9.89 Å². The van der Waals surface area contributed by atoms with Crippen molar-refractivity contribution in [3.63, 3.8) is 0 Å². The number of hydrogen-bond donors (Lipinski definition) is 1. The van der Waals surface area contributed by atoms with Crippen molar-refractivity contribution in [2.75, 3.05) is 33.2 Å². The summed E-state index contributed by atoms with van der Waals surface area (Å²) in [7, 11) is 1.84. The van der Waals surface area contributed by atoms with Crippen LogP contribution >= 0.6 is 0 Å². The minimum absolute atomic E-state index is 0.661. The van der Waals surface area contributed by atoms with Gasteiger partial charge in [0.15, 0.2) is 5.96 Å². The van der Waals surface area contributed by atoms with Crippen LogP contribution in [0.5, 0.6) is 0 Å². The molecule has 1 atom stereocenters. The maximum absolute atomic E-state index is 4.84. The van der Waals surface area contributed by atoms with Crippen molar-refractivity contribution in [2.45, 2.75) is 31.8 Å². The Labute approximate surface area is 119 Å². The van der Waals surface area contributed by atoms with Gasteiger partial charge in [0.25, 0.3) is 0 Å². The van der Waals surface area contributed by atoms with E-state index in [0.717, 1.165) is 24.7 Å². The third kappa shape index (κ3) is 2.95. The van der Waals surface area contributed by atoms with E-state index in [-0.39, 0.29) is 0 Å². The van der Waals surface area contributed by atoms with Crippen LogP contribution in [-0.4, -0.2) is 60.2 Å². The Morgan fingerprint density at radius 1 is 1.45 bits per heavy atom. The fourth-order valence-electron chi connectivity index (χ4n) is 3.17. The van der Waals surface area contributed by atoms with E-state index in [2.05, 4.69) is 25.3 Å². The molecule has 0 radical (unpaired) electrons. The molecule has 0 aromatic carbocycles. The SMILES string of the molecule is CN=C(NCc1ccon1)N1CCC(N2CCCC2)C1. The zero-order valence-electron chi connectivity index (χ0n) is 12.1. The van der Waals surface area contributed by atoms with Gasteiger partial charge in [-0.25, -0.2) is 0 Å². The quantitative estimate of drug-likeness (QED) is 0.658. The first-order valence-electron chi connectivity index (χ1n) is 7.46. The molecule has 2 aliphatic rings. The molecule has 3 rings (SSSR count). The molecule has 0 aliphatic carbocycles. The number of aliphatic imine (C=N–C) groups is 1. The highest BCUT2D eigenvalue weighted by atomic mass is 16.5. The Morgan fingerprint density at radius 3 is 3.00 bits per heavy atom. The van der Waals surface area contributed by atoms with E-state index >= 15 is 0 Å². The Bertz CT molecular complexity index is 438. The molecule has 6 nitrogen and oxygen atoms in total. The molecule has 0 amide bonds. The minimum Gasteiger partial charge on any atom is -0.364 e. The highest BCUT2D eigenvalue weighted by Crippen LogP contribution is 2.20. The predicted molar refractivity (Wildman–Crippen MR) is 77.5 cm³/mol. The number of rotatable bonds is 3. The van der Waals surface area contributed by atoms with E-state index in [0.29, 0.717) is 12.6 Å². The van der Waals surface area contributed by atoms with E-state index in [1.807, 2.05) is 13.1 Å². The third-order valence-electron chi connectivity index (χ3n) is 4.25. The normalized spacial score (nSPS) is 24.6. The Kier molecular flexibility index (Phi) is 4.20. The largest absolute Gasteiger partial charge is 0.364 e. The van der Waals surface area contributed by atoms with E-state index in [9.17, 15) is 0 Å². The molecule has 110 valence electrons. The first-order valence-corrected chi connectivity index (χ1v) is 7.46. The van der Waals surface area contributed by atoms with Gasteiger partial charge in [-0.2, -0.15) is 0 Å². The smallest absolute Gasteiger partial charge is 0.194 e. The fourth-order valence-corrected chi connectivity index (χ4v) is 3.17. The van der Waals surface area contributed by atoms with E-state index in [4.69, 9.17) is 4.52 Å². The van der Waals surface area contributed by atoms with Crippen LogP contribution in [0.3, 0.4) is 0 Å². The van der Waals surface area contributed by atoms with Crippen LogP contribution in [0.1, 0.15) is 25.0 Å². The van der Waals surface area contributed by atoms with Crippen LogP contribution in [0.4, 0.5) is 0 Å². The van der Waals surface area contributed by atoms with Crippen LogP contribution < -0.4 is 5.32 Å². The zero-order chi connectivity index (χ0) is 13.8. The molecule has 2 aliphatic heterocycles. The number of nitrogens with zero attached hydrogens (tertiary/aromatic N) is 4. The number of guanidine groups is 1. The van der Waals surface area contributed by atoms with Gasteiger partial charge >= 0.3 is 0 Å². The number of aromatic nitrogens is 1. The van der Waals surface area contributed by atoms with Crippen molar-refractivity contribution in [2.24, 2.45) is 4.99 Å². The van der Waals surface area contributed by atoms with E-state index in [1.54, 1.807) is 6.26 Å². The average molecular weight is 277 g/mol. The van der Waals surface area contributed by atoms with Crippen molar-refractivity contribution in [1.82, 2.24) is 20.3 Å². The van der Waals surface area contributed by atoms with Gasteiger partial charge in [0.05, 0.1) is 6.54 Å². The molecule has 1 unspecified atom stereocenters. The molecule has 0 saturated carbocycles. The van der Waals surface area contributed by atoms with Gasteiger partial charge in [0.1, 0.15) is 12.0 Å². The first kappa shape index (κ1) is 13.4. The number of hydrogen-bond acceptors (Lipinski definition) is 4. The molecule has 3 heterocycles. The molecular formula is C14H23N5O. The van der Waals surface area contributed by atoms with Gasteiger partial charge in [-0.1, -0.05) is 5.16 Å². The highest BCUT2D eigenvalue weighted by molar-refractivity contribution is 5.80. The van der Waals surface area contributed by atoms with Gasteiger partial charge in [0, 0.05) is 32.2 Å². The molecular weight excluding hydrogens is 254 g/mol. The first-order chi connectivity index (χ1) is 9.86. The lowest BCUT2D eigenvalue weighted by Crippen LogP contribution is -2.42. The lowest BCUT2D eigenvalue weighted by atomic mass is 10.2. The molecule has 1 N–H and O–H groups in total. The monoisotopic (exact) mass is 277 g/mol. The molecule has 0 bridgehead atoms. The molecule has 2 saturated heterocycles. The third-order valence-corrected chi connectivity index (χ3v) is 4.25. The van der Waals surface area contributed by atoms with Crippen molar-refractivity contribution in [1.29, 1.82) is 0 Å². The van der Waals surface area contributed by atoms with Crippen LogP contribution in [0.2, 0.25) is 0 Å². The molecule has 1 aromatic heterocycles. The summed E-state index contributed by atoms with van der Waals surface area (Å²) in [6.45, 7) is 5.36. The summed E-state index contributed by atoms with van der Waals surface area (Å²) in [4.78, 5) is 9.37. The molecule has 20 heavy (non-hydrogen) atoms. The molecule has 2 fully saturated rings. The average Bonchev–Trinajstić information content (AvgIpc) is 3.21. The lowest BCUT2D eigenvalue weighted by Gasteiger charge is -2.25. The zero-order valence-corrected chi connectivity index (χ0v) is 12.1. The van der Waals surface area contributed by atoms with Gasteiger partial charge in [-0.05, 0) is 32.4 Å². The Balaban J connectivity index is 1.52. The van der Waals surface area contributed by atoms with Crippen LogP contribution in [0.25, 0.3) is 0 Å². The molecule has 0 spiro atoms. The summed E-state index contributed by atoms with van der Waals surface area (Å²) in [6, 6.07) is 2.57.